The average Bonchev–Trinajstić information content (AvgIpc) is 3.46. The number of aromatic nitrogens is 1. The fraction of sp³-hybridized carbons (Fsp3) is 0.300. The van der Waals surface area contributed by atoms with E-state index in [1.807, 2.05) is 13.0 Å². The molecule has 0 spiro atoms. The van der Waals surface area contributed by atoms with Gasteiger partial charge in [-0.1, -0.05) is 20.8 Å². The number of furan rings is 1. The third-order valence-corrected chi connectivity index (χ3v) is 7.20. The zero-order chi connectivity index (χ0) is 28.1. The number of aliphatic carboxylic acids is 1. The van der Waals surface area contributed by atoms with Crippen LogP contribution in [0.3, 0.4) is 0 Å². The van der Waals surface area contributed by atoms with Gasteiger partial charge in [-0.05, 0) is 54.2 Å². The van der Waals surface area contributed by atoms with E-state index in [2.05, 4.69) is 31.1 Å². The van der Waals surface area contributed by atoms with Gasteiger partial charge in [-0.2, -0.15) is 0 Å². The standard InChI is InChI=1S/C30H30N2O7/c1-15-18(29(37)39-26-12-25-21(11-19(15)26)22(14-38-25)30(2,3)4)6-8-27(34)32-24(28(35)36)9-16-13-31-23-7-5-17(33)10-20(16)23/h5,7,10-14,24,31,33H,6,8-9H2,1-4H3,(H,32,34)(H,35,36)/t24-/m1/s1. The first-order valence-electron chi connectivity index (χ1n) is 12.7. The number of fused-ring (bicyclic) bond motifs is 3. The molecule has 0 aliphatic rings. The van der Waals surface area contributed by atoms with Gasteiger partial charge in [-0.3, -0.25) is 4.79 Å². The van der Waals surface area contributed by atoms with E-state index in [-0.39, 0.29) is 30.4 Å². The molecule has 39 heavy (non-hydrogen) atoms. The molecule has 0 fully saturated rings. The molecule has 0 bridgehead atoms. The predicted octanol–water partition coefficient (Wildman–Crippen LogP) is 5.08. The summed E-state index contributed by atoms with van der Waals surface area (Å²) in [4.78, 5) is 40.6. The maximum Gasteiger partial charge on any atom is 0.339 e. The highest BCUT2D eigenvalue weighted by molar-refractivity contribution is 5.97. The Morgan fingerprint density at radius 1 is 1.08 bits per heavy atom. The van der Waals surface area contributed by atoms with Crippen molar-refractivity contribution in [2.75, 3.05) is 0 Å². The lowest BCUT2D eigenvalue weighted by atomic mass is 9.86. The van der Waals surface area contributed by atoms with E-state index in [9.17, 15) is 24.6 Å². The zero-order valence-electron chi connectivity index (χ0n) is 22.2. The molecule has 5 rings (SSSR count). The van der Waals surface area contributed by atoms with Crippen LogP contribution in [0.5, 0.6) is 5.75 Å². The Morgan fingerprint density at radius 2 is 1.85 bits per heavy atom. The number of carboxylic acids is 1. The summed E-state index contributed by atoms with van der Waals surface area (Å²) < 4.78 is 11.3. The van der Waals surface area contributed by atoms with Crippen molar-refractivity contribution in [3.8, 4) is 5.75 Å². The first kappa shape index (κ1) is 26.1. The number of carbonyl (C=O) groups excluding carboxylic acids is 1. The number of amides is 1. The number of rotatable bonds is 7. The van der Waals surface area contributed by atoms with Gasteiger partial charge in [0.25, 0.3) is 0 Å². The smallest absolute Gasteiger partial charge is 0.339 e. The second kappa shape index (κ2) is 9.65. The van der Waals surface area contributed by atoms with Crippen molar-refractivity contribution in [2.24, 2.45) is 0 Å². The monoisotopic (exact) mass is 530 g/mol. The van der Waals surface area contributed by atoms with Crippen LogP contribution < -0.4 is 10.9 Å². The molecule has 9 heteroatoms. The lowest BCUT2D eigenvalue weighted by Gasteiger charge is -2.17. The molecule has 2 aromatic carbocycles. The van der Waals surface area contributed by atoms with Crippen molar-refractivity contribution in [1.29, 1.82) is 0 Å². The molecule has 0 aliphatic carbocycles. The fourth-order valence-electron chi connectivity index (χ4n) is 5.04. The minimum absolute atomic E-state index is 0.0263. The number of phenols is 1. The summed E-state index contributed by atoms with van der Waals surface area (Å²) in [6.07, 6.45) is 3.42. The van der Waals surface area contributed by atoms with E-state index in [1.54, 1.807) is 30.7 Å². The Kier molecular flexibility index (Phi) is 6.46. The molecule has 0 aliphatic heterocycles. The summed E-state index contributed by atoms with van der Waals surface area (Å²) in [7, 11) is 0. The maximum atomic E-state index is 12.8. The minimum Gasteiger partial charge on any atom is -0.508 e. The number of aromatic hydroxyl groups is 1. The van der Waals surface area contributed by atoms with Crippen LogP contribution in [0, 0.1) is 6.92 Å². The number of aryl methyl sites for hydroxylation is 1. The SMILES string of the molecule is Cc1c(CCC(=O)N[C@H](Cc2c[nH]c3ccc(O)cc23)C(=O)O)c(=O)oc2cc3occ(C(C)(C)C)c3cc12. The number of carboxylic acid groups (broad SMARTS) is 1. The summed E-state index contributed by atoms with van der Waals surface area (Å²) in [6, 6.07) is 7.26. The van der Waals surface area contributed by atoms with Crippen molar-refractivity contribution < 1.29 is 28.6 Å². The number of H-pyrrole nitrogens is 1. The van der Waals surface area contributed by atoms with Gasteiger partial charge in [0.2, 0.25) is 5.91 Å². The molecule has 0 saturated carbocycles. The fourth-order valence-corrected chi connectivity index (χ4v) is 5.04. The summed E-state index contributed by atoms with van der Waals surface area (Å²) in [5.74, 6) is -1.62. The lowest BCUT2D eigenvalue weighted by molar-refractivity contribution is -0.141. The van der Waals surface area contributed by atoms with E-state index in [1.165, 1.54) is 6.07 Å². The van der Waals surface area contributed by atoms with Gasteiger partial charge in [0.1, 0.15) is 23.0 Å². The van der Waals surface area contributed by atoms with Crippen LogP contribution in [0.2, 0.25) is 0 Å². The number of benzene rings is 2. The Balaban J connectivity index is 1.36. The first-order valence-corrected chi connectivity index (χ1v) is 12.7. The van der Waals surface area contributed by atoms with Gasteiger partial charge in [0, 0.05) is 57.9 Å². The highest BCUT2D eigenvalue weighted by Gasteiger charge is 2.24. The molecular weight excluding hydrogens is 500 g/mol. The number of aromatic amines is 1. The van der Waals surface area contributed by atoms with Crippen molar-refractivity contribution in [1.82, 2.24) is 10.3 Å². The topological polar surface area (TPSA) is 146 Å². The van der Waals surface area contributed by atoms with E-state index in [0.717, 1.165) is 21.9 Å². The first-order chi connectivity index (χ1) is 18.4. The number of hydrogen-bond donors (Lipinski definition) is 4. The highest BCUT2D eigenvalue weighted by Crippen LogP contribution is 2.35. The van der Waals surface area contributed by atoms with Crippen LogP contribution in [0.4, 0.5) is 0 Å². The molecule has 4 N–H and O–H groups in total. The molecule has 0 unspecified atom stereocenters. The number of carbonyl (C=O) groups is 2. The quantitative estimate of drug-likeness (QED) is 0.215. The molecule has 0 saturated heterocycles. The largest absolute Gasteiger partial charge is 0.508 e. The van der Waals surface area contributed by atoms with Crippen LogP contribution in [-0.4, -0.2) is 33.1 Å². The van der Waals surface area contributed by atoms with Gasteiger partial charge in [-0.25, -0.2) is 9.59 Å². The van der Waals surface area contributed by atoms with E-state index < -0.39 is 23.5 Å². The second-order valence-electron chi connectivity index (χ2n) is 10.9. The summed E-state index contributed by atoms with van der Waals surface area (Å²) >= 11 is 0. The van der Waals surface area contributed by atoms with Crippen LogP contribution in [0.15, 0.2) is 56.4 Å². The number of hydrogen-bond acceptors (Lipinski definition) is 6. The van der Waals surface area contributed by atoms with Crippen molar-refractivity contribution >= 4 is 44.7 Å². The van der Waals surface area contributed by atoms with Crippen molar-refractivity contribution in [2.45, 2.75) is 58.4 Å². The lowest BCUT2D eigenvalue weighted by Crippen LogP contribution is -2.42. The summed E-state index contributed by atoms with van der Waals surface area (Å²) in [6.45, 7) is 8.10. The Hall–Kier alpha value is -4.53. The normalized spacial score (nSPS) is 12.8. The van der Waals surface area contributed by atoms with Crippen molar-refractivity contribution in [3.05, 3.63) is 75.5 Å². The number of phenolic OH excluding ortho intramolecular Hbond substituents is 1. The highest BCUT2D eigenvalue weighted by atomic mass is 16.4. The molecule has 1 atom stereocenters. The van der Waals surface area contributed by atoms with Crippen molar-refractivity contribution in [3.63, 3.8) is 0 Å². The van der Waals surface area contributed by atoms with E-state index >= 15 is 0 Å². The molecule has 0 radical (unpaired) electrons. The molecular formula is C30H30N2O7. The Bertz CT molecular complexity index is 1800. The zero-order valence-corrected chi connectivity index (χ0v) is 22.2. The third-order valence-electron chi connectivity index (χ3n) is 7.20. The molecule has 9 nitrogen and oxygen atoms in total. The van der Waals surface area contributed by atoms with E-state index in [0.29, 0.717) is 33.2 Å². The molecule has 5 aromatic rings. The third kappa shape index (κ3) is 4.99. The van der Waals surface area contributed by atoms with Gasteiger partial charge in [0.05, 0.1) is 6.26 Å². The minimum atomic E-state index is -1.18. The predicted molar refractivity (Wildman–Crippen MR) is 147 cm³/mol. The molecule has 1 amide bonds. The van der Waals surface area contributed by atoms with Gasteiger partial charge >= 0.3 is 11.6 Å². The van der Waals surface area contributed by atoms with E-state index in [4.69, 9.17) is 8.83 Å². The summed E-state index contributed by atoms with van der Waals surface area (Å²) in [5, 5.41) is 24.5. The van der Waals surface area contributed by atoms with Crippen LogP contribution in [0.1, 0.15) is 49.4 Å². The van der Waals surface area contributed by atoms with Gasteiger partial charge < -0.3 is 29.3 Å². The van der Waals surface area contributed by atoms with Crippen LogP contribution in [0.25, 0.3) is 32.8 Å². The maximum absolute atomic E-state index is 12.8. The second-order valence-corrected chi connectivity index (χ2v) is 10.9. The molecule has 202 valence electrons. The van der Waals surface area contributed by atoms with Gasteiger partial charge in [-0.15, -0.1) is 0 Å². The Morgan fingerprint density at radius 3 is 2.56 bits per heavy atom. The summed E-state index contributed by atoms with van der Waals surface area (Å²) in [5.41, 5.74) is 3.88. The van der Waals surface area contributed by atoms with Crippen LogP contribution in [-0.2, 0) is 27.8 Å². The Labute approximate surface area is 223 Å². The molecule has 3 aromatic heterocycles. The average molecular weight is 531 g/mol. The number of nitrogens with one attached hydrogen (secondary N) is 2. The van der Waals surface area contributed by atoms with Crippen LogP contribution >= 0.6 is 0 Å². The molecule has 3 heterocycles. The van der Waals surface area contributed by atoms with Gasteiger partial charge in [0.15, 0.2) is 0 Å².